The van der Waals surface area contributed by atoms with Gasteiger partial charge in [0, 0.05) is 19.0 Å². The van der Waals surface area contributed by atoms with E-state index in [1.54, 1.807) is 4.52 Å². The van der Waals surface area contributed by atoms with Gasteiger partial charge in [-0.15, -0.1) is 0 Å². The molecule has 1 aliphatic rings. The zero-order valence-corrected chi connectivity index (χ0v) is 14.6. The van der Waals surface area contributed by atoms with E-state index < -0.39 is 6.43 Å². The number of aromatic nitrogens is 4. The van der Waals surface area contributed by atoms with Gasteiger partial charge in [0.15, 0.2) is 0 Å². The van der Waals surface area contributed by atoms with Crippen molar-refractivity contribution in [2.24, 2.45) is 5.92 Å². The lowest BCUT2D eigenvalue weighted by Gasteiger charge is -2.37. The van der Waals surface area contributed by atoms with Crippen molar-refractivity contribution in [1.29, 1.82) is 0 Å². The molecule has 4 rings (SSSR count). The van der Waals surface area contributed by atoms with Gasteiger partial charge in [-0.3, -0.25) is 4.90 Å². The Labute approximate surface area is 150 Å². The smallest absolute Gasteiger partial charge is 0.280 e. The van der Waals surface area contributed by atoms with E-state index in [4.69, 9.17) is 0 Å². The highest BCUT2D eigenvalue weighted by Gasteiger charge is 2.30. The number of piperidine rings is 1. The molecule has 0 amide bonds. The quantitative estimate of drug-likeness (QED) is 0.714. The third-order valence-electron chi connectivity index (χ3n) is 5.19. The number of hydrogen-bond acceptors (Lipinski definition) is 4. The monoisotopic (exact) mass is 357 g/mol. The van der Waals surface area contributed by atoms with E-state index in [0.717, 1.165) is 31.7 Å². The molecule has 7 heteroatoms. The second kappa shape index (κ2) is 7.07. The van der Waals surface area contributed by atoms with Crippen LogP contribution in [0.2, 0.25) is 0 Å². The minimum absolute atomic E-state index is 0.108. The highest BCUT2D eigenvalue weighted by Crippen LogP contribution is 2.34. The van der Waals surface area contributed by atoms with Crippen molar-refractivity contribution in [3.63, 3.8) is 0 Å². The second-order valence-electron chi connectivity index (χ2n) is 6.97. The molecule has 26 heavy (non-hydrogen) atoms. The van der Waals surface area contributed by atoms with Crippen LogP contribution >= 0.6 is 0 Å². The van der Waals surface area contributed by atoms with E-state index in [2.05, 4.69) is 39.0 Å². The molecule has 0 aliphatic carbocycles. The van der Waals surface area contributed by atoms with Gasteiger partial charge in [-0.05, 0) is 30.5 Å². The zero-order valence-electron chi connectivity index (χ0n) is 14.6. The molecule has 1 aromatic carbocycles. The molecular formula is C19H21F2N5. The van der Waals surface area contributed by atoms with E-state index in [9.17, 15) is 8.78 Å². The average molecular weight is 357 g/mol. The van der Waals surface area contributed by atoms with E-state index in [1.807, 2.05) is 18.2 Å². The van der Waals surface area contributed by atoms with E-state index in [0.29, 0.717) is 5.92 Å². The van der Waals surface area contributed by atoms with Gasteiger partial charge in [0.1, 0.15) is 12.0 Å². The van der Waals surface area contributed by atoms with Crippen molar-refractivity contribution in [2.45, 2.75) is 32.2 Å². The fourth-order valence-corrected chi connectivity index (χ4v) is 3.74. The first-order chi connectivity index (χ1) is 12.6. The van der Waals surface area contributed by atoms with Crippen molar-refractivity contribution in [1.82, 2.24) is 24.5 Å². The van der Waals surface area contributed by atoms with Gasteiger partial charge >= 0.3 is 0 Å². The Bertz CT molecular complexity index is 880. The summed E-state index contributed by atoms with van der Waals surface area (Å²) >= 11 is 0. The van der Waals surface area contributed by atoms with Crippen LogP contribution in [0.5, 0.6) is 0 Å². The van der Waals surface area contributed by atoms with Crippen molar-refractivity contribution in [3.8, 4) is 0 Å². The maximum absolute atomic E-state index is 13.3. The van der Waals surface area contributed by atoms with Crippen molar-refractivity contribution < 1.29 is 8.78 Å². The first kappa shape index (κ1) is 17.0. The first-order valence-corrected chi connectivity index (χ1v) is 8.87. The minimum atomic E-state index is -2.62. The molecule has 0 unspecified atom stereocenters. The molecule has 1 saturated heterocycles. The normalized spacial score (nSPS) is 21.5. The fourth-order valence-electron chi connectivity index (χ4n) is 3.74. The molecule has 3 heterocycles. The zero-order chi connectivity index (χ0) is 18.1. The Morgan fingerprint density at radius 1 is 1.23 bits per heavy atom. The molecule has 2 atom stereocenters. The summed E-state index contributed by atoms with van der Waals surface area (Å²) < 4.78 is 28.2. The molecule has 5 nitrogen and oxygen atoms in total. The Kier molecular flexibility index (Phi) is 4.63. The van der Waals surface area contributed by atoms with Crippen LogP contribution in [0.15, 0.2) is 42.7 Å². The molecular weight excluding hydrogens is 336 g/mol. The summed E-state index contributed by atoms with van der Waals surface area (Å²) in [4.78, 5) is 10.3. The summed E-state index contributed by atoms with van der Waals surface area (Å²) in [5.41, 5.74) is 1.80. The molecule has 2 aromatic heterocycles. The summed E-state index contributed by atoms with van der Waals surface area (Å²) in [6, 6.07) is 11.8. The van der Waals surface area contributed by atoms with Crippen LogP contribution in [-0.4, -0.2) is 37.6 Å². The highest BCUT2D eigenvalue weighted by molar-refractivity contribution is 5.33. The van der Waals surface area contributed by atoms with Gasteiger partial charge < -0.3 is 0 Å². The van der Waals surface area contributed by atoms with Gasteiger partial charge in [0.05, 0.1) is 5.69 Å². The van der Waals surface area contributed by atoms with Crippen LogP contribution in [0, 0.1) is 5.92 Å². The van der Waals surface area contributed by atoms with Gasteiger partial charge in [-0.2, -0.15) is 10.1 Å². The number of nitrogens with zero attached hydrogens (tertiary/aromatic N) is 5. The van der Waals surface area contributed by atoms with Crippen LogP contribution < -0.4 is 0 Å². The molecule has 0 N–H and O–H groups in total. The summed E-state index contributed by atoms with van der Waals surface area (Å²) in [5.74, 6) is 0.727. The highest BCUT2D eigenvalue weighted by atomic mass is 19.3. The van der Waals surface area contributed by atoms with Crippen LogP contribution in [0.4, 0.5) is 8.78 Å². The maximum Gasteiger partial charge on any atom is 0.280 e. The van der Waals surface area contributed by atoms with Gasteiger partial charge in [-0.1, -0.05) is 37.3 Å². The molecule has 1 aliphatic heterocycles. The number of rotatable bonds is 4. The van der Waals surface area contributed by atoms with Crippen molar-refractivity contribution >= 4 is 5.78 Å². The average Bonchev–Trinajstić information content (AvgIpc) is 3.12. The van der Waals surface area contributed by atoms with Gasteiger partial charge in [-0.25, -0.2) is 18.3 Å². The SMILES string of the molecule is C[C@@H]1CCN(Cc2ccccc2)C[C@H]1c1cc(C(F)F)nc2ncnn12. The number of halogens is 2. The summed E-state index contributed by atoms with van der Waals surface area (Å²) in [5, 5.41) is 4.22. The van der Waals surface area contributed by atoms with Crippen molar-refractivity contribution in [2.75, 3.05) is 13.1 Å². The van der Waals surface area contributed by atoms with Crippen LogP contribution in [0.3, 0.4) is 0 Å². The van der Waals surface area contributed by atoms with E-state index in [-0.39, 0.29) is 17.4 Å². The number of likely N-dealkylation sites (tertiary alicyclic amines) is 1. The number of alkyl halides is 2. The second-order valence-corrected chi connectivity index (χ2v) is 6.97. The molecule has 0 bridgehead atoms. The number of benzene rings is 1. The predicted octanol–water partition coefficient (Wildman–Crippen LogP) is 3.69. The number of hydrogen-bond donors (Lipinski definition) is 0. The Morgan fingerprint density at radius 3 is 2.81 bits per heavy atom. The topological polar surface area (TPSA) is 46.3 Å². The summed E-state index contributed by atoms with van der Waals surface area (Å²) in [6.45, 7) is 4.84. The summed E-state index contributed by atoms with van der Waals surface area (Å²) in [7, 11) is 0. The minimum Gasteiger partial charge on any atom is -0.298 e. The fraction of sp³-hybridized carbons (Fsp3) is 0.421. The van der Waals surface area contributed by atoms with Crippen LogP contribution in [-0.2, 0) is 6.54 Å². The lowest BCUT2D eigenvalue weighted by atomic mass is 9.84. The largest absolute Gasteiger partial charge is 0.298 e. The Morgan fingerprint density at radius 2 is 2.04 bits per heavy atom. The Hall–Kier alpha value is -2.41. The van der Waals surface area contributed by atoms with Crippen LogP contribution in [0.1, 0.15) is 42.6 Å². The predicted molar refractivity (Wildman–Crippen MR) is 94.0 cm³/mol. The molecule has 3 aromatic rings. The van der Waals surface area contributed by atoms with Gasteiger partial charge in [0.25, 0.3) is 12.2 Å². The molecule has 136 valence electrons. The molecule has 1 fully saturated rings. The molecule has 0 saturated carbocycles. The Balaban J connectivity index is 1.65. The van der Waals surface area contributed by atoms with E-state index >= 15 is 0 Å². The standard InChI is InChI=1S/C19H21F2N5/c1-13-7-8-25(10-14-5-3-2-4-6-14)11-15(13)17-9-16(18(20)21)24-19-22-12-23-26(17)19/h2-6,9,12-13,15,18H,7-8,10-11H2,1H3/t13-,15-/m1/s1. The number of fused-ring (bicyclic) bond motifs is 1. The maximum atomic E-state index is 13.3. The van der Waals surface area contributed by atoms with E-state index in [1.165, 1.54) is 18.0 Å². The lowest BCUT2D eigenvalue weighted by molar-refractivity contribution is 0.143. The van der Waals surface area contributed by atoms with Crippen LogP contribution in [0.25, 0.3) is 5.78 Å². The lowest BCUT2D eigenvalue weighted by Crippen LogP contribution is -2.38. The molecule has 0 radical (unpaired) electrons. The first-order valence-electron chi connectivity index (χ1n) is 8.87. The third kappa shape index (κ3) is 3.31. The summed E-state index contributed by atoms with van der Waals surface area (Å²) in [6.07, 6.45) is -0.231. The van der Waals surface area contributed by atoms with Crippen molar-refractivity contribution in [3.05, 3.63) is 59.7 Å². The van der Waals surface area contributed by atoms with Gasteiger partial charge in [0.2, 0.25) is 0 Å². The third-order valence-corrected chi connectivity index (χ3v) is 5.19. The molecule has 0 spiro atoms.